The first kappa shape index (κ1) is 10.3. The van der Waals surface area contributed by atoms with Crippen molar-refractivity contribution in [3.05, 3.63) is 17.7 Å². The van der Waals surface area contributed by atoms with Crippen LogP contribution >= 0.6 is 0 Å². The molecule has 0 amide bonds. The predicted molar refractivity (Wildman–Crippen MR) is 51.1 cm³/mol. The molecule has 0 unspecified atom stereocenters. The lowest BCUT2D eigenvalue weighted by molar-refractivity contribution is 0.342. The lowest BCUT2D eigenvalue weighted by atomic mass is 9.97. The van der Waals surface area contributed by atoms with Crippen molar-refractivity contribution in [2.45, 2.75) is 27.3 Å². The standard InChI is InChI=1S/C10H12N4/c1-10(2,3)6-14-7-13-8(4-11)9(14)5-12/h7H,6H2,1-3H3. The normalized spacial score (nSPS) is 10.6. The van der Waals surface area contributed by atoms with E-state index in [0.29, 0.717) is 12.2 Å². The Hall–Kier alpha value is -1.81. The fourth-order valence-electron chi connectivity index (χ4n) is 1.21. The van der Waals surface area contributed by atoms with Gasteiger partial charge in [-0.25, -0.2) is 4.98 Å². The Morgan fingerprint density at radius 1 is 1.36 bits per heavy atom. The highest BCUT2D eigenvalue weighted by molar-refractivity contribution is 5.36. The predicted octanol–water partition coefficient (Wildman–Crippen LogP) is 1.67. The number of nitrogens with zero attached hydrogens (tertiary/aromatic N) is 4. The first-order valence-corrected chi connectivity index (χ1v) is 4.33. The minimum Gasteiger partial charge on any atom is -0.321 e. The molecule has 1 aromatic heterocycles. The Kier molecular flexibility index (Phi) is 2.58. The molecule has 0 saturated carbocycles. The van der Waals surface area contributed by atoms with E-state index in [0.717, 1.165) is 0 Å². The van der Waals surface area contributed by atoms with E-state index < -0.39 is 0 Å². The van der Waals surface area contributed by atoms with Crippen LogP contribution < -0.4 is 0 Å². The Labute approximate surface area is 83.4 Å². The summed E-state index contributed by atoms with van der Waals surface area (Å²) >= 11 is 0. The number of rotatable bonds is 1. The second kappa shape index (κ2) is 3.51. The average Bonchev–Trinajstić information content (AvgIpc) is 2.43. The largest absolute Gasteiger partial charge is 0.321 e. The zero-order valence-corrected chi connectivity index (χ0v) is 8.57. The minimum atomic E-state index is 0.0685. The summed E-state index contributed by atoms with van der Waals surface area (Å²) in [4.78, 5) is 3.87. The van der Waals surface area contributed by atoms with Crippen molar-refractivity contribution in [3.8, 4) is 12.1 Å². The molecule has 0 aliphatic carbocycles. The van der Waals surface area contributed by atoms with Gasteiger partial charge in [0, 0.05) is 6.54 Å². The molecule has 72 valence electrons. The van der Waals surface area contributed by atoms with E-state index in [-0.39, 0.29) is 11.1 Å². The van der Waals surface area contributed by atoms with Crippen LogP contribution in [-0.2, 0) is 6.54 Å². The van der Waals surface area contributed by atoms with E-state index in [2.05, 4.69) is 25.8 Å². The van der Waals surface area contributed by atoms with Gasteiger partial charge in [0.25, 0.3) is 0 Å². The zero-order valence-electron chi connectivity index (χ0n) is 8.57. The molecule has 0 saturated heterocycles. The number of hydrogen-bond acceptors (Lipinski definition) is 3. The van der Waals surface area contributed by atoms with E-state index >= 15 is 0 Å². The van der Waals surface area contributed by atoms with Gasteiger partial charge in [-0.3, -0.25) is 0 Å². The maximum absolute atomic E-state index is 8.85. The highest BCUT2D eigenvalue weighted by atomic mass is 15.1. The smallest absolute Gasteiger partial charge is 0.176 e. The van der Waals surface area contributed by atoms with Crippen LogP contribution in [0.25, 0.3) is 0 Å². The highest BCUT2D eigenvalue weighted by Gasteiger charge is 2.16. The molecule has 1 rings (SSSR count). The quantitative estimate of drug-likeness (QED) is 0.673. The Balaban J connectivity index is 3.08. The molecule has 14 heavy (non-hydrogen) atoms. The van der Waals surface area contributed by atoms with Crippen LogP contribution in [0.1, 0.15) is 32.2 Å². The molecule has 1 heterocycles. The number of imidazole rings is 1. The first-order valence-electron chi connectivity index (χ1n) is 4.33. The average molecular weight is 188 g/mol. The Bertz CT molecular complexity index is 409. The summed E-state index contributed by atoms with van der Waals surface area (Å²) < 4.78 is 1.72. The molecule has 0 aliphatic heterocycles. The SMILES string of the molecule is CC(C)(C)Cn1cnc(C#N)c1C#N. The van der Waals surface area contributed by atoms with Crippen molar-refractivity contribution in [1.82, 2.24) is 9.55 Å². The lowest BCUT2D eigenvalue weighted by Crippen LogP contribution is -2.16. The minimum absolute atomic E-state index is 0.0685. The van der Waals surface area contributed by atoms with Crippen LogP contribution in [0.15, 0.2) is 6.33 Å². The lowest BCUT2D eigenvalue weighted by Gasteiger charge is -2.18. The third kappa shape index (κ3) is 2.11. The zero-order chi connectivity index (χ0) is 10.8. The van der Waals surface area contributed by atoms with Crippen molar-refractivity contribution in [1.29, 1.82) is 10.5 Å². The van der Waals surface area contributed by atoms with Gasteiger partial charge in [0.1, 0.15) is 12.1 Å². The van der Waals surface area contributed by atoms with Gasteiger partial charge in [0.05, 0.1) is 6.33 Å². The van der Waals surface area contributed by atoms with Crippen molar-refractivity contribution in [3.63, 3.8) is 0 Å². The van der Waals surface area contributed by atoms with Gasteiger partial charge in [-0.05, 0) is 5.41 Å². The fraction of sp³-hybridized carbons (Fsp3) is 0.500. The number of hydrogen-bond donors (Lipinski definition) is 0. The van der Waals surface area contributed by atoms with E-state index in [1.165, 1.54) is 0 Å². The molecule has 0 aliphatic rings. The van der Waals surface area contributed by atoms with Crippen LogP contribution in [0.2, 0.25) is 0 Å². The summed E-state index contributed by atoms with van der Waals surface area (Å²) in [6, 6.07) is 3.89. The summed E-state index contributed by atoms with van der Waals surface area (Å²) in [7, 11) is 0. The third-order valence-corrected chi connectivity index (χ3v) is 1.69. The monoisotopic (exact) mass is 188 g/mol. The number of aromatic nitrogens is 2. The summed E-state index contributed by atoms with van der Waals surface area (Å²) in [5, 5.41) is 17.5. The summed E-state index contributed by atoms with van der Waals surface area (Å²) in [6.45, 7) is 6.89. The highest BCUT2D eigenvalue weighted by Crippen LogP contribution is 2.18. The van der Waals surface area contributed by atoms with Gasteiger partial charge in [0.15, 0.2) is 11.4 Å². The summed E-state index contributed by atoms with van der Waals surface area (Å²) in [5.74, 6) is 0. The first-order chi connectivity index (χ1) is 6.48. The molecule has 0 radical (unpaired) electrons. The Morgan fingerprint density at radius 3 is 2.43 bits per heavy atom. The molecule has 4 nitrogen and oxygen atoms in total. The van der Waals surface area contributed by atoms with Crippen LogP contribution in [0.3, 0.4) is 0 Å². The molecule has 4 heteroatoms. The fourth-order valence-corrected chi connectivity index (χ4v) is 1.21. The second-order valence-corrected chi connectivity index (χ2v) is 4.35. The van der Waals surface area contributed by atoms with Crippen LogP contribution in [0, 0.1) is 28.1 Å². The maximum Gasteiger partial charge on any atom is 0.176 e. The second-order valence-electron chi connectivity index (χ2n) is 4.35. The maximum atomic E-state index is 8.85. The van der Waals surface area contributed by atoms with Crippen molar-refractivity contribution < 1.29 is 0 Å². The molecule has 0 spiro atoms. The molecule has 0 atom stereocenters. The van der Waals surface area contributed by atoms with E-state index in [1.54, 1.807) is 10.9 Å². The van der Waals surface area contributed by atoms with Gasteiger partial charge < -0.3 is 4.57 Å². The molecule has 0 aromatic carbocycles. The molecule has 0 bridgehead atoms. The Morgan fingerprint density at radius 2 is 2.00 bits per heavy atom. The van der Waals surface area contributed by atoms with E-state index in [4.69, 9.17) is 10.5 Å². The van der Waals surface area contributed by atoms with Gasteiger partial charge in [-0.15, -0.1) is 0 Å². The van der Waals surface area contributed by atoms with Crippen molar-refractivity contribution in [2.75, 3.05) is 0 Å². The number of nitriles is 2. The molecule has 1 aromatic rings. The van der Waals surface area contributed by atoms with E-state index in [9.17, 15) is 0 Å². The van der Waals surface area contributed by atoms with Crippen molar-refractivity contribution in [2.24, 2.45) is 5.41 Å². The molecule has 0 fully saturated rings. The summed E-state index contributed by atoms with van der Waals surface area (Å²) in [5.41, 5.74) is 0.623. The summed E-state index contributed by atoms with van der Waals surface area (Å²) in [6.07, 6.45) is 1.54. The van der Waals surface area contributed by atoms with E-state index in [1.807, 2.05) is 12.1 Å². The van der Waals surface area contributed by atoms with Gasteiger partial charge in [0.2, 0.25) is 0 Å². The molecular weight excluding hydrogens is 176 g/mol. The topological polar surface area (TPSA) is 65.4 Å². The van der Waals surface area contributed by atoms with Crippen LogP contribution in [-0.4, -0.2) is 9.55 Å². The molecular formula is C10H12N4. The van der Waals surface area contributed by atoms with Crippen molar-refractivity contribution >= 4 is 0 Å². The van der Waals surface area contributed by atoms with Crippen LogP contribution in [0.4, 0.5) is 0 Å². The van der Waals surface area contributed by atoms with Gasteiger partial charge in [-0.2, -0.15) is 10.5 Å². The van der Waals surface area contributed by atoms with Crippen LogP contribution in [0.5, 0.6) is 0 Å². The van der Waals surface area contributed by atoms with Gasteiger partial charge >= 0.3 is 0 Å². The van der Waals surface area contributed by atoms with Gasteiger partial charge in [-0.1, -0.05) is 20.8 Å². The molecule has 0 N–H and O–H groups in total. The third-order valence-electron chi connectivity index (χ3n) is 1.69.